The van der Waals surface area contributed by atoms with Crippen molar-refractivity contribution in [3.05, 3.63) is 0 Å². The molecule has 40 heavy (non-hydrogen) atoms. The van der Waals surface area contributed by atoms with Gasteiger partial charge in [0, 0.05) is 38.5 Å². The van der Waals surface area contributed by atoms with Crippen LogP contribution in [0.1, 0.15) is 26.2 Å². The van der Waals surface area contributed by atoms with E-state index in [1.165, 1.54) is 18.7 Å². The van der Waals surface area contributed by atoms with Crippen molar-refractivity contribution >= 4 is 31.6 Å². The maximum Gasteiger partial charge on any atom is 0.472 e. The molecular weight excluding hydrogens is 573 g/mol. The summed E-state index contributed by atoms with van der Waals surface area (Å²) in [6.07, 6.45) is -1.48. The molecule has 0 aromatic heterocycles. The second-order valence-corrected chi connectivity index (χ2v) is 11.1. The molecule has 1 aliphatic rings. The van der Waals surface area contributed by atoms with E-state index in [2.05, 4.69) is 10.6 Å². The minimum atomic E-state index is -4.63. The van der Waals surface area contributed by atoms with Crippen molar-refractivity contribution in [1.29, 1.82) is 0 Å². The Kier molecular flexibility index (Phi) is 20.8. The lowest BCUT2D eigenvalue weighted by atomic mass is 10.2. The van der Waals surface area contributed by atoms with Gasteiger partial charge in [-0.05, 0) is 32.6 Å². The monoisotopic (exact) mass is 619 g/mol. The summed E-state index contributed by atoms with van der Waals surface area (Å²) in [5.41, 5.74) is 5.37. The predicted octanol–water partition coefficient (Wildman–Crippen LogP) is 0.0210. The summed E-state index contributed by atoms with van der Waals surface area (Å²) in [6.45, 7) is 4.78. The topological polar surface area (TPSA) is 206 Å². The van der Waals surface area contributed by atoms with Crippen LogP contribution in [0.4, 0.5) is 4.79 Å². The van der Waals surface area contributed by atoms with E-state index in [1.54, 1.807) is 0 Å². The molecule has 15 nitrogen and oxygen atoms in total. The van der Waals surface area contributed by atoms with E-state index in [4.69, 9.17) is 38.5 Å². The smallest absolute Gasteiger partial charge is 0.447 e. The van der Waals surface area contributed by atoms with E-state index in [0.29, 0.717) is 71.3 Å². The van der Waals surface area contributed by atoms with Crippen molar-refractivity contribution < 1.29 is 56.9 Å². The number of hydrogen-bond donors (Lipinski definition) is 5. The number of alkyl carbamates (subject to hydrolysis) is 1. The maximum absolute atomic E-state index is 12.5. The highest BCUT2D eigenvalue weighted by Gasteiger charge is 2.43. The van der Waals surface area contributed by atoms with E-state index in [-0.39, 0.29) is 25.7 Å². The summed E-state index contributed by atoms with van der Waals surface area (Å²) in [5.74, 6) is 0.448. The molecule has 4 unspecified atom stereocenters. The number of amides is 2. The van der Waals surface area contributed by atoms with Crippen LogP contribution < -0.4 is 16.4 Å². The van der Waals surface area contributed by atoms with Crippen LogP contribution in [0, 0.1) is 0 Å². The number of hydrogen-bond acceptors (Lipinski definition) is 13. The van der Waals surface area contributed by atoms with Gasteiger partial charge in [0.2, 0.25) is 5.91 Å². The van der Waals surface area contributed by atoms with Crippen molar-refractivity contribution in [2.24, 2.45) is 5.73 Å². The Hall–Kier alpha value is -1.04. The van der Waals surface area contributed by atoms with Crippen molar-refractivity contribution in [3.63, 3.8) is 0 Å². The van der Waals surface area contributed by atoms with Crippen molar-refractivity contribution in [3.8, 4) is 0 Å². The second kappa shape index (κ2) is 22.5. The first-order valence-electron chi connectivity index (χ1n) is 13.3. The van der Waals surface area contributed by atoms with Gasteiger partial charge in [-0.25, -0.2) is 9.36 Å². The summed E-state index contributed by atoms with van der Waals surface area (Å²) in [5, 5.41) is 15.3. The summed E-state index contributed by atoms with van der Waals surface area (Å²) in [6, 6.07) is 0. The zero-order valence-corrected chi connectivity index (χ0v) is 25.0. The van der Waals surface area contributed by atoms with E-state index >= 15 is 0 Å². The summed E-state index contributed by atoms with van der Waals surface area (Å²) in [7, 11) is -4.63. The Labute approximate surface area is 240 Å². The number of ether oxygens (including phenoxy) is 5. The summed E-state index contributed by atoms with van der Waals surface area (Å²) in [4.78, 5) is 33.8. The molecule has 6 N–H and O–H groups in total. The van der Waals surface area contributed by atoms with Crippen LogP contribution >= 0.6 is 19.6 Å². The Morgan fingerprint density at radius 3 is 2.40 bits per heavy atom. The average Bonchev–Trinajstić information content (AvgIpc) is 3.25. The van der Waals surface area contributed by atoms with E-state index < -0.39 is 38.3 Å². The molecular formula is C23H46N3O12PS. The largest absolute Gasteiger partial charge is 0.472 e. The highest BCUT2D eigenvalue weighted by atomic mass is 32.2. The van der Waals surface area contributed by atoms with Crippen LogP contribution in [0.25, 0.3) is 0 Å². The minimum absolute atomic E-state index is 0.00176. The van der Waals surface area contributed by atoms with Gasteiger partial charge in [0.1, 0.15) is 24.9 Å². The van der Waals surface area contributed by atoms with Gasteiger partial charge in [0.25, 0.3) is 0 Å². The lowest BCUT2D eigenvalue weighted by molar-refractivity contribution is -0.121. The molecule has 0 spiro atoms. The Morgan fingerprint density at radius 2 is 1.75 bits per heavy atom. The van der Waals surface area contributed by atoms with Gasteiger partial charge in [-0.15, -0.1) is 0 Å². The summed E-state index contributed by atoms with van der Waals surface area (Å²) < 4.78 is 49.2. The standard InChI is InChI=1S/C23H46N3O12PS/c1-18(15-26-21(28)5-14-40-2)37-39(30,31)38-22-19(27)16-35-20(22)17-36-23(29)25-7-4-9-33-11-13-34-12-10-32-8-3-6-24/h18-20,22,27H,3-17,24H2,1-2H3,(H,25,29)(H,26,28)(H,30,31)/t18?,19?,20-,22?/m1/s1. The van der Waals surface area contributed by atoms with Gasteiger partial charge in [0.15, 0.2) is 0 Å². The highest BCUT2D eigenvalue weighted by Crippen LogP contribution is 2.47. The molecule has 1 heterocycles. The van der Waals surface area contributed by atoms with Gasteiger partial charge in [-0.2, -0.15) is 11.8 Å². The quantitative estimate of drug-likeness (QED) is 0.0714. The number of phosphoric ester groups is 1. The third kappa shape index (κ3) is 18.4. The average molecular weight is 620 g/mol. The van der Waals surface area contributed by atoms with Gasteiger partial charge >= 0.3 is 13.9 Å². The number of rotatable bonds is 24. The van der Waals surface area contributed by atoms with Gasteiger partial charge in [-0.1, -0.05) is 0 Å². The molecule has 0 radical (unpaired) electrons. The van der Waals surface area contributed by atoms with Crippen LogP contribution in [0.2, 0.25) is 0 Å². The first-order chi connectivity index (χ1) is 19.2. The molecule has 1 aliphatic heterocycles. The number of nitrogens with one attached hydrogen (secondary N) is 2. The van der Waals surface area contributed by atoms with E-state index in [9.17, 15) is 24.2 Å². The molecule has 1 fully saturated rings. The molecule has 17 heteroatoms. The predicted molar refractivity (Wildman–Crippen MR) is 147 cm³/mol. The van der Waals surface area contributed by atoms with Crippen LogP contribution in [0.5, 0.6) is 0 Å². The van der Waals surface area contributed by atoms with Crippen molar-refractivity contribution in [1.82, 2.24) is 10.6 Å². The van der Waals surface area contributed by atoms with Crippen LogP contribution in [0.3, 0.4) is 0 Å². The number of phosphoric acid groups is 1. The molecule has 1 rings (SSSR count). The number of nitrogens with two attached hydrogens (primary N) is 1. The molecule has 0 aromatic rings. The molecule has 0 saturated carbocycles. The first-order valence-corrected chi connectivity index (χ1v) is 16.2. The first kappa shape index (κ1) is 37.0. The minimum Gasteiger partial charge on any atom is -0.447 e. The fourth-order valence-electron chi connectivity index (χ4n) is 3.23. The molecule has 1 saturated heterocycles. The van der Waals surface area contributed by atoms with Crippen molar-refractivity contribution in [2.45, 2.75) is 50.6 Å². The molecule has 0 aliphatic carbocycles. The molecule has 2 amide bonds. The van der Waals surface area contributed by atoms with Crippen molar-refractivity contribution in [2.75, 3.05) is 84.5 Å². The number of carbonyl (C=O) groups is 2. The lowest BCUT2D eigenvalue weighted by Gasteiger charge is -2.24. The second-order valence-electron chi connectivity index (χ2n) is 8.80. The highest BCUT2D eigenvalue weighted by molar-refractivity contribution is 7.98. The van der Waals surface area contributed by atoms with E-state index in [1.807, 2.05) is 6.26 Å². The Bertz CT molecular complexity index is 741. The zero-order chi connectivity index (χ0) is 29.6. The third-order valence-electron chi connectivity index (χ3n) is 5.27. The van der Waals surface area contributed by atoms with Crippen LogP contribution in [0.15, 0.2) is 0 Å². The number of carbonyl (C=O) groups excluding carboxylic acids is 2. The van der Waals surface area contributed by atoms with Gasteiger partial charge in [-0.3, -0.25) is 13.8 Å². The zero-order valence-electron chi connectivity index (χ0n) is 23.3. The lowest BCUT2D eigenvalue weighted by Crippen LogP contribution is -2.38. The van der Waals surface area contributed by atoms with Crippen LogP contribution in [-0.4, -0.2) is 131 Å². The molecule has 236 valence electrons. The van der Waals surface area contributed by atoms with E-state index in [0.717, 1.165) is 6.42 Å². The fourth-order valence-corrected chi connectivity index (χ4v) is 4.78. The number of aliphatic hydroxyl groups excluding tert-OH is 1. The molecule has 0 bridgehead atoms. The summed E-state index contributed by atoms with van der Waals surface area (Å²) >= 11 is 1.53. The van der Waals surface area contributed by atoms with Gasteiger partial charge in [0.05, 0.1) is 39.1 Å². The maximum atomic E-state index is 12.5. The van der Waals surface area contributed by atoms with Crippen LogP contribution in [-0.2, 0) is 42.1 Å². The van der Waals surface area contributed by atoms with Gasteiger partial charge < -0.3 is 50.1 Å². The number of thioether (sulfide) groups is 1. The normalized spacial score (nSPS) is 21.1. The Morgan fingerprint density at radius 1 is 1.10 bits per heavy atom. The molecule has 5 atom stereocenters. The SMILES string of the molecule is CSCCC(=O)NCC(C)OP(=O)(O)OC1C(O)CO[C@@H]1COC(=O)NCCCOCCOCCOCCCN. The Balaban J connectivity index is 2.19. The third-order valence-corrected chi connectivity index (χ3v) is 7.01. The number of aliphatic hydroxyl groups is 1. The molecule has 0 aromatic carbocycles. The fraction of sp³-hybridized carbons (Fsp3) is 0.913.